The number of rotatable bonds is 12. The number of carbonyl (C=O) groups excluding carboxylic acids is 2. The highest BCUT2D eigenvalue weighted by molar-refractivity contribution is 7.92. The van der Waals surface area contributed by atoms with Gasteiger partial charge in [-0.15, -0.1) is 0 Å². The topological polar surface area (TPSA) is 96.0 Å². The van der Waals surface area contributed by atoms with E-state index in [1.165, 1.54) is 17.0 Å². The summed E-state index contributed by atoms with van der Waals surface area (Å²) in [6.07, 6.45) is 0. The lowest BCUT2D eigenvalue weighted by Gasteiger charge is -2.32. The number of nitrogens with one attached hydrogen (secondary N) is 1. The first kappa shape index (κ1) is 30.7. The van der Waals surface area contributed by atoms with Gasteiger partial charge in [-0.3, -0.25) is 13.9 Å². The Labute approximate surface area is 238 Å². The summed E-state index contributed by atoms with van der Waals surface area (Å²) in [5.41, 5.74) is 3.20. The van der Waals surface area contributed by atoms with Crippen LogP contribution in [0.15, 0.2) is 77.7 Å². The zero-order valence-corrected chi connectivity index (χ0v) is 24.9. The predicted octanol–water partition coefficient (Wildman–Crippen LogP) is 4.84. The fourth-order valence-electron chi connectivity index (χ4n) is 4.12. The van der Waals surface area contributed by atoms with E-state index in [1.807, 2.05) is 58.9 Å². The molecule has 8 nitrogen and oxygen atoms in total. The molecule has 1 N–H and O–H groups in total. The highest BCUT2D eigenvalue weighted by Crippen LogP contribution is 2.26. The molecule has 0 fully saturated rings. The third-order valence-corrected chi connectivity index (χ3v) is 8.18. The van der Waals surface area contributed by atoms with Gasteiger partial charge < -0.3 is 15.0 Å². The van der Waals surface area contributed by atoms with Crippen LogP contribution < -0.4 is 14.4 Å². The van der Waals surface area contributed by atoms with Gasteiger partial charge in [0.05, 0.1) is 17.2 Å². The number of anilines is 1. The van der Waals surface area contributed by atoms with Crippen LogP contribution >= 0.6 is 0 Å². The molecule has 0 aliphatic carbocycles. The molecule has 0 aliphatic heterocycles. The highest BCUT2D eigenvalue weighted by Gasteiger charge is 2.32. The third-order valence-electron chi connectivity index (χ3n) is 6.40. The molecule has 0 bridgehead atoms. The molecule has 0 aromatic heterocycles. The number of sulfonamides is 1. The molecule has 0 radical (unpaired) electrons. The molecule has 0 saturated heterocycles. The van der Waals surface area contributed by atoms with Gasteiger partial charge in [0.2, 0.25) is 11.8 Å². The number of amides is 2. The molecule has 0 saturated carbocycles. The van der Waals surface area contributed by atoms with Crippen LogP contribution in [-0.2, 0) is 26.2 Å². The average molecular weight is 566 g/mol. The molecule has 1 atom stereocenters. The Hall–Kier alpha value is -3.85. The molecule has 214 valence electrons. The van der Waals surface area contributed by atoms with Crippen LogP contribution in [0.5, 0.6) is 5.75 Å². The van der Waals surface area contributed by atoms with Gasteiger partial charge in [0.15, 0.2) is 0 Å². The molecule has 3 aromatic carbocycles. The second-order valence-corrected chi connectivity index (χ2v) is 12.0. The van der Waals surface area contributed by atoms with E-state index in [0.29, 0.717) is 18.0 Å². The van der Waals surface area contributed by atoms with Gasteiger partial charge in [0.1, 0.15) is 18.3 Å². The molecule has 0 aliphatic rings. The fraction of sp³-hybridized carbons (Fsp3) is 0.355. The molecule has 0 heterocycles. The lowest BCUT2D eigenvalue weighted by Crippen LogP contribution is -2.52. The largest absolute Gasteiger partial charge is 0.494 e. The molecular weight excluding hydrogens is 526 g/mol. The van der Waals surface area contributed by atoms with Crippen LogP contribution in [0.2, 0.25) is 0 Å². The lowest BCUT2D eigenvalue weighted by molar-refractivity contribution is -0.139. The van der Waals surface area contributed by atoms with Crippen molar-refractivity contribution in [3.05, 3.63) is 89.5 Å². The Kier molecular flexibility index (Phi) is 10.3. The van der Waals surface area contributed by atoms with E-state index in [1.54, 1.807) is 43.3 Å². The minimum atomic E-state index is -4.14. The van der Waals surface area contributed by atoms with Gasteiger partial charge in [-0.1, -0.05) is 47.5 Å². The van der Waals surface area contributed by atoms with Crippen molar-refractivity contribution < 1.29 is 22.7 Å². The van der Waals surface area contributed by atoms with Crippen LogP contribution in [0.3, 0.4) is 0 Å². The average Bonchev–Trinajstić information content (AvgIpc) is 2.91. The molecular formula is C31H39N3O5S. The number of nitrogens with zero attached hydrogens (tertiary/aromatic N) is 2. The standard InChI is InChI=1S/C31H39N3O5S/c1-7-39-28-16-18-29(19-17-28)40(37,38)34(27-14-10-24(5)11-15-27)21-30(35)33(25(6)31(36)32-22(2)3)20-26-12-8-23(4)9-13-26/h8-19,22,25H,7,20-21H2,1-6H3,(H,32,36). The summed E-state index contributed by atoms with van der Waals surface area (Å²) in [6.45, 7) is 11.2. The first-order chi connectivity index (χ1) is 18.9. The van der Waals surface area contributed by atoms with Gasteiger partial charge >= 0.3 is 0 Å². The minimum Gasteiger partial charge on any atom is -0.494 e. The molecule has 9 heteroatoms. The summed E-state index contributed by atoms with van der Waals surface area (Å²) in [6, 6.07) is 19.8. The van der Waals surface area contributed by atoms with Crippen molar-refractivity contribution in [3.8, 4) is 5.75 Å². The number of hydrogen-bond acceptors (Lipinski definition) is 5. The summed E-state index contributed by atoms with van der Waals surface area (Å²) in [4.78, 5) is 28.4. The lowest BCUT2D eigenvalue weighted by atomic mass is 10.1. The van der Waals surface area contributed by atoms with Crippen molar-refractivity contribution in [1.82, 2.24) is 10.2 Å². The zero-order valence-electron chi connectivity index (χ0n) is 24.0. The highest BCUT2D eigenvalue weighted by atomic mass is 32.2. The van der Waals surface area contributed by atoms with Crippen LogP contribution in [0.1, 0.15) is 44.4 Å². The predicted molar refractivity (Wildman–Crippen MR) is 158 cm³/mol. The van der Waals surface area contributed by atoms with Crippen molar-refractivity contribution in [2.75, 3.05) is 17.5 Å². The maximum atomic E-state index is 13.9. The first-order valence-corrected chi connectivity index (χ1v) is 14.8. The summed E-state index contributed by atoms with van der Waals surface area (Å²) in [5, 5.41) is 2.86. The Morgan fingerprint density at radius 1 is 0.850 bits per heavy atom. The van der Waals surface area contributed by atoms with E-state index in [9.17, 15) is 18.0 Å². The quantitative estimate of drug-likeness (QED) is 0.339. The van der Waals surface area contributed by atoms with Crippen molar-refractivity contribution in [2.24, 2.45) is 0 Å². The van der Waals surface area contributed by atoms with Gasteiger partial charge in [-0.05, 0) is 83.5 Å². The van der Waals surface area contributed by atoms with Crippen LogP contribution in [0.25, 0.3) is 0 Å². The van der Waals surface area contributed by atoms with Crippen LogP contribution in [0.4, 0.5) is 5.69 Å². The minimum absolute atomic E-state index is 0.0278. The molecule has 3 aromatic rings. The fourth-order valence-corrected chi connectivity index (χ4v) is 5.53. The number of aryl methyl sites for hydroxylation is 2. The SMILES string of the molecule is CCOc1ccc(S(=O)(=O)N(CC(=O)N(Cc2ccc(C)cc2)C(C)C(=O)NC(C)C)c2ccc(C)cc2)cc1. The van der Waals surface area contributed by atoms with Crippen molar-refractivity contribution in [3.63, 3.8) is 0 Å². The summed E-state index contributed by atoms with van der Waals surface area (Å²) >= 11 is 0. The summed E-state index contributed by atoms with van der Waals surface area (Å²) < 4.78 is 34.4. The van der Waals surface area contributed by atoms with Gasteiger partial charge in [0.25, 0.3) is 10.0 Å². The number of hydrogen-bond donors (Lipinski definition) is 1. The Balaban J connectivity index is 2.01. The van der Waals surface area contributed by atoms with E-state index >= 15 is 0 Å². The summed E-state index contributed by atoms with van der Waals surface area (Å²) in [5.74, 6) is -0.262. The van der Waals surface area contributed by atoms with E-state index < -0.39 is 28.5 Å². The number of benzene rings is 3. The van der Waals surface area contributed by atoms with Crippen molar-refractivity contribution >= 4 is 27.5 Å². The van der Waals surface area contributed by atoms with Crippen LogP contribution in [-0.4, -0.2) is 50.4 Å². The van der Waals surface area contributed by atoms with E-state index in [-0.39, 0.29) is 23.4 Å². The van der Waals surface area contributed by atoms with Crippen LogP contribution in [0, 0.1) is 13.8 Å². The van der Waals surface area contributed by atoms with Gasteiger partial charge in [-0.25, -0.2) is 8.42 Å². The molecule has 40 heavy (non-hydrogen) atoms. The molecule has 0 spiro atoms. The third kappa shape index (κ3) is 7.85. The normalized spacial score (nSPS) is 12.1. The maximum Gasteiger partial charge on any atom is 0.264 e. The van der Waals surface area contributed by atoms with Crippen molar-refractivity contribution in [2.45, 2.75) is 65.1 Å². The smallest absolute Gasteiger partial charge is 0.264 e. The maximum absolute atomic E-state index is 13.9. The molecule has 2 amide bonds. The second-order valence-electron chi connectivity index (χ2n) is 10.1. The van der Waals surface area contributed by atoms with Gasteiger partial charge in [0, 0.05) is 12.6 Å². The molecule has 1 unspecified atom stereocenters. The zero-order chi connectivity index (χ0) is 29.4. The number of carbonyl (C=O) groups is 2. The van der Waals surface area contributed by atoms with Crippen molar-refractivity contribution in [1.29, 1.82) is 0 Å². The Bertz CT molecular complexity index is 1390. The van der Waals surface area contributed by atoms with E-state index in [2.05, 4.69) is 5.32 Å². The number of ether oxygens (including phenoxy) is 1. The molecule has 3 rings (SSSR count). The van der Waals surface area contributed by atoms with E-state index in [0.717, 1.165) is 21.0 Å². The summed E-state index contributed by atoms with van der Waals surface area (Å²) in [7, 11) is -4.14. The Morgan fingerprint density at radius 2 is 1.40 bits per heavy atom. The monoisotopic (exact) mass is 565 g/mol. The Morgan fingerprint density at radius 3 is 1.93 bits per heavy atom. The van der Waals surface area contributed by atoms with E-state index in [4.69, 9.17) is 4.74 Å². The second kappa shape index (κ2) is 13.5. The first-order valence-electron chi connectivity index (χ1n) is 13.4. The van der Waals surface area contributed by atoms with Gasteiger partial charge in [-0.2, -0.15) is 0 Å².